The van der Waals surface area contributed by atoms with Crippen molar-refractivity contribution in [3.63, 3.8) is 0 Å². The molecule has 0 radical (unpaired) electrons. The van der Waals surface area contributed by atoms with Crippen LogP contribution in [-0.4, -0.2) is 30.0 Å². The van der Waals surface area contributed by atoms with E-state index in [0.29, 0.717) is 13.0 Å². The number of alkyl halides is 2. The Morgan fingerprint density at radius 2 is 1.79 bits per heavy atom. The van der Waals surface area contributed by atoms with Gasteiger partial charge in [0.15, 0.2) is 0 Å². The van der Waals surface area contributed by atoms with Crippen LogP contribution in [0.25, 0.3) is 0 Å². The summed E-state index contributed by atoms with van der Waals surface area (Å²) in [4.78, 5) is 11.7. The van der Waals surface area contributed by atoms with Crippen LogP contribution >= 0.6 is 11.8 Å². The molecule has 2 nitrogen and oxygen atoms in total. The second-order valence-corrected chi connectivity index (χ2v) is 5.80. The molecule has 0 N–H and O–H groups in total. The van der Waals surface area contributed by atoms with Gasteiger partial charge in [0.05, 0.1) is 6.61 Å². The van der Waals surface area contributed by atoms with Gasteiger partial charge in [-0.05, 0) is 31.9 Å². The zero-order valence-electron chi connectivity index (χ0n) is 12.0. The first-order valence-corrected chi connectivity index (χ1v) is 8.23. The fraction of sp³-hybridized carbons (Fsp3) is 0.929. The number of carbonyl (C=O) groups excluding carboxylic acids is 1. The Bertz CT molecular complexity index is 225. The molecule has 0 saturated carbocycles. The quantitative estimate of drug-likeness (QED) is 0.387. The summed E-state index contributed by atoms with van der Waals surface area (Å²) in [5.74, 6) is 0.597. The summed E-state index contributed by atoms with van der Waals surface area (Å²) >= 11 is 1.55. The fourth-order valence-corrected chi connectivity index (χ4v) is 2.90. The molecule has 0 aliphatic heterocycles. The molecule has 0 bridgehead atoms. The molecule has 0 heterocycles. The predicted octanol–water partition coefficient (Wildman–Crippen LogP) is 4.67. The number of ether oxygens (including phenoxy) is 1. The average molecular weight is 296 g/mol. The molecule has 0 aromatic carbocycles. The monoisotopic (exact) mass is 296 g/mol. The lowest BCUT2D eigenvalue weighted by Gasteiger charge is -2.15. The summed E-state index contributed by atoms with van der Waals surface area (Å²) in [5, 5.41) is -0.127. The van der Waals surface area contributed by atoms with Gasteiger partial charge >= 0.3 is 5.97 Å². The summed E-state index contributed by atoms with van der Waals surface area (Å²) < 4.78 is 29.0. The van der Waals surface area contributed by atoms with Gasteiger partial charge in [0, 0.05) is 6.42 Å². The fourth-order valence-electron chi connectivity index (χ4n) is 1.71. The number of esters is 1. The van der Waals surface area contributed by atoms with Gasteiger partial charge in [0.1, 0.15) is 5.25 Å². The molecule has 0 fully saturated rings. The Balaban J connectivity index is 3.87. The number of thioether (sulfide) groups is 1. The highest BCUT2D eigenvalue weighted by atomic mass is 32.2. The van der Waals surface area contributed by atoms with Crippen molar-refractivity contribution in [2.24, 2.45) is 0 Å². The lowest BCUT2D eigenvalue weighted by Crippen LogP contribution is -2.21. The van der Waals surface area contributed by atoms with E-state index >= 15 is 0 Å². The Labute approximate surface area is 119 Å². The molecule has 114 valence electrons. The SMILES string of the molecule is CCCCCC(SCCCCC(F)F)C(=O)OCC. The molecule has 5 heteroatoms. The second-order valence-electron chi connectivity index (χ2n) is 4.49. The first-order chi connectivity index (χ1) is 9.11. The third-order valence-electron chi connectivity index (χ3n) is 2.76. The zero-order valence-corrected chi connectivity index (χ0v) is 12.8. The Hall–Kier alpha value is -0.320. The predicted molar refractivity (Wildman–Crippen MR) is 76.9 cm³/mol. The minimum absolute atomic E-state index is 0.0412. The van der Waals surface area contributed by atoms with E-state index < -0.39 is 6.43 Å². The molecule has 0 rings (SSSR count). The van der Waals surface area contributed by atoms with Crippen molar-refractivity contribution >= 4 is 17.7 Å². The van der Waals surface area contributed by atoms with Crippen LogP contribution in [0.2, 0.25) is 0 Å². The number of hydrogen-bond acceptors (Lipinski definition) is 3. The third-order valence-corrected chi connectivity index (χ3v) is 4.11. The number of carbonyl (C=O) groups is 1. The van der Waals surface area contributed by atoms with Gasteiger partial charge in [0.25, 0.3) is 0 Å². The van der Waals surface area contributed by atoms with E-state index in [2.05, 4.69) is 6.92 Å². The maximum absolute atomic E-state index is 12.0. The molecule has 1 atom stereocenters. The molecular weight excluding hydrogens is 270 g/mol. The molecule has 0 aromatic rings. The summed E-state index contributed by atoms with van der Waals surface area (Å²) in [7, 11) is 0. The smallest absolute Gasteiger partial charge is 0.319 e. The van der Waals surface area contributed by atoms with E-state index in [1.54, 1.807) is 18.7 Å². The molecule has 1 unspecified atom stereocenters. The first-order valence-electron chi connectivity index (χ1n) is 7.18. The van der Waals surface area contributed by atoms with E-state index in [4.69, 9.17) is 4.74 Å². The van der Waals surface area contributed by atoms with Crippen LogP contribution in [-0.2, 0) is 9.53 Å². The molecule has 0 aliphatic carbocycles. The molecule has 0 aromatic heterocycles. The number of rotatable bonds is 12. The zero-order chi connectivity index (χ0) is 14.5. The molecule has 0 saturated heterocycles. The van der Waals surface area contributed by atoms with Gasteiger partial charge in [0.2, 0.25) is 6.43 Å². The lowest BCUT2D eigenvalue weighted by molar-refractivity contribution is -0.142. The van der Waals surface area contributed by atoms with Gasteiger partial charge in [-0.25, -0.2) is 8.78 Å². The molecule has 0 aliphatic rings. The van der Waals surface area contributed by atoms with Gasteiger partial charge in [-0.2, -0.15) is 0 Å². The number of unbranched alkanes of at least 4 members (excludes halogenated alkanes) is 3. The summed E-state index contributed by atoms with van der Waals surface area (Å²) in [6.45, 7) is 4.32. The van der Waals surface area contributed by atoms with Crippen molar-refractivity contribution in [3.8, 4) is 0 Å². The number of hydrogen-bond donors (Lipinski definition) is 0. The highest BCUT2D eigenvalue weighted by Gasteiger charge is 2.19. The lowest BCUT2D eigenvalue weighted by atomic mass is 10.1. The van der Waals surface area contributed by atoms with Gasteiger partial charge in [-0.15, -0.1) is 11.8 Å². The van der Waals surface area contributed by atoms with Crippen LogP contribution in [0.5, 0.6) is 0 Å². The van der Waals surface area contributed by atoms with Crippen LogP contribution in [0.4, 0.5) is 8.78 Å². The number of halogens is 2. The summed E-state index contributed by atoms with van der Waals surface area (Å²) in [6.07, 6.45) is 3.08. The molecule has 0 spiro atoms. The summed E-state index contributed by atoms with van der Waals surface area (Å²) in [6, 6.07) is 0. The first kappa shape index (κ1) is 18.7. The van der Waals surface area contributed by atoms with Crippen molar-refractivity contribution in [1.82, 2.24) is 0 Å². The van der Waals surface area contributed by atoms with Gasteiger partial charge < -0.3 is 4.74 Å². The van der Waals surface area contributed by atoms with E-state index in [1.165, 1.54) is 0 Å². The van der Waals surface area contributed by atoms with Crippen LogP contribution in [0.15, 0.2) is 0 Å². The largest absolute Gasteiger partial charge is 0.465 e. The third kappa shape index (κ3) is 11.2. The van der Waals surface area contributed by atoms with Gasteiger partial charge in [-0.1, -0.05) is 26.2 Å². The van der Waals surface area contributed by atoms with Crippen LogP contribution < -0.4 is 0 Å². The van der Waals surface area contributed by atoms with Gasteiger partial charge in [-0.3, -0.25) is 4.79 Å². The Morgan fingerprint density at radius 3 is 2.37 bits per heavy atom. The Morgan fingerprint density at radius 1 is 1.11 bits per heavy atom. The maximum atomic E-state index is 12.0. The van der Waals surface area contributed by atoms with Crippen molar-refractivity contribution in [3.05, 3.63) is 0 Å². The van der Waals surface area contributed by atoms with E-state index in [-0.39, 0.29) is 17.6 Å². The van der Waals surface area contributed by atoms with E-state index in [9.17, 15) is 13.6 Å². The average Bonchev–Trinajstić information content (AvgIpc) is 2.36. The minimum atomic E-state index is -2.21. The normalized spacial score (nSPS) is 12.7. The second kappa shape index (κ2) is 12.7. The Kier molecular flexibility index (Phi) is 12.5. The van der Waals surface area contributed by atoms with Crippen molar-refractivity contribution in [1.29, 1.82) is 0 Å². The molecule has 19 heavy (non-hydrogen) atoms. The standard InChI is InChI=1S/C14H26F2O2S/c1-3-5-6-9-12(14(17)18-4-2)19-11-8-7-10-13(15)16/h12-13H,3-11H2,1-2H3. The highest BCUT2D eigenvalue weighted by molar-refractivity contribution is 8.00. The van der Waals surface area contributed by atoms with E-state index in [0.717, 1.165) is 37.9 Å². The van der Waals surface area contributed by atoms with Crippen molar-refractivity contribution in [2.45, 2.75) is 70.5 Å². The van der Waals surface area contributed by atoms with Crippen LogP contribution in [0.3, 0.4) is 0 Å². The molecular formula is C14H26F2O2S. The van der Waals surface area contributed by atoms with Crippen LogP contribution in [0.1, 0.15) is 58.8 Å². The van der Waals surface area contributed by atoms with Crippen molar-refractivity contribution < 1.29 is 18.3 Å². The minimum Gasteiger partial charge on any atom is -0.465 e. The maximum Gasteiger partial charge on any atom is 0.319 e. The van der Waals surface area contributed by atoms with Crippen molar-refractivity contribution in [2.75, 3.05) is 12.4 Å². The highest BCUT2D eigenvalue weighted by Crippen LogP contribution is 2.21. The summed E-state index contributed by atoms with van der Waals surface area (Å²) in [5.41, 5.74) is 0. The van der Waals surface area contributed by atoms with Crippen LogP contribution in [0, 0.1) is 0 Å². The topological polar surface area (TPSA) is 26.3 Å². The van der Waals surface area contributed by atoms with E-state index in [1.807, 2.05) is 0 Å². The molecule has 0 amide bonds.